The first-order valence-corrected chi connectivity index (χ1v) is 8.78. The number of carbonyl (C=O) groups excluding carboxylic acids is 1. The Labute approximate surface area is 130 Å². The van der Waals surface area contributed by atoms with Gasteiger partial charge >= 0.3 is 0 Å². The van der Waals surface area contributed by atoms with Gasteiger partial charge in [-0.1, -0.05) is 12.1 Å². The Morgan fingerprint density at radius 3 is 2.67 bits per heavy atom. The lowest BCUT2D eigenvalue weighted by molar-refractivity contribution is -0.128. The second-order valence-electron chi connectivity index (χ2n) is 5.86. The number of thioether (sulfide) groups is 1. The van der Waals surface area contributed by atoms with E-state index in [-0.39, 0.29) is 12.1 Å². The molecule has 3 rings (SSSR count). The Morgan fingerprint density at radius 1 is 1.33 bits per heavy atom. The van der Waals surface area contributed by atoms with Crippen LogP contribution in [-0.4, -0.2) is 54.7 Å². The van der Waals surface area contributed by atoms with Crippen LogP contribution in [0.3, 0.4) is 0 Å². The van der Waals surface area contributed by atoms with E-state index in [1.54, 1.807) is 11.8 Å². The number of benzene rings is 1. The second-order valence-corrected chi connectivity index (χ2v) is 6.74. The Morgan fingerprint density at radius 2 is 2.05 bits per heavy atom. The Bertz CT molecular complexity index is 501. The number of amides is 1. The third kappa shape index (κ3) is 3.42. The zero-order valence-corrected chi connectivity index (χ0v) is 13.5. The molecule has 0 radical (unpaired) electrons. The van der Waals surface area contributed by atoms with Crippen LogP contribution in [0.1, 0.15) is 24.6 Å². The fourth-order valence-corrected chi connectivity index (χ4v) is 3.25. The number of nitrogens with zero attached hydrogens (tertiary/aromatic N) is 2. The van der Waals surface area contributed by atoms with E-state index in [2.05, 4.69) is 47.8 Å². The zero-order valence-electron chi connectivity index (χ0n) is 12.7. The van der Waals surface area contributed by atoms with Crippen LogP contribution >= 0.6 is 11.8 Å². The molecule has 1 aliphatic heterocycles. The Kier molecular flexibility index (Phi) is 4.52. The topological polar surface area (TPSA) is 35.6 Å². The van der Waals surface area contributed by atoms with Gasteiger partial charge in [0.05, 0.1) is 6.54 Å². The number of likely N-dealkylation sites (N-methyl/N-ethyl adjacent to an activating group) is 1. The average molecular weight is 305 g/mol. The van der Waals surface area contributed by atoms with Crippen molar-refractivity contribution in [2.24, 2.45) is 0 Å². The molecule has 1 N–H and O–H groups in total. The average Bonchev–Trinajstić information content (AvgIpc) is 3.29. The van der Waals surface area contributed by atoms with Crippen molar-refractivity contribution in [1.29, 1.82) is 0 Å². The van der Waals surface area contributed by atoms with Crippen molar-refractivity contribution in [3.8, 4) is 0 Å². The van der Waals surface area contributed by atoms with Gasteiger partial charge in [-0.3, -0.25) is 10.1 Å². The molecular weight excluding hydrogens is 282 g/mol. The van der Waals surface area contributed by atoms with E-state index in [9.17, 15) is 4.79 Å². The van der Waals surface area contributed by atoms with Crippen molar-refractivity contribution in [3.05, 3.63) is 29.8 Å². The summed E-state index contributed by atoms with van der Waals surface area (Å²) in [4.78, 5) is 17.7. The molecule has 1 aromatic carbocycles. The maximum Gasteiger partial charge on any atom is 0.238 e. The highest BCUT2D eigenvalue weighted by Crippen LogP contribution is 2.27. The summed E-state index contributed by atoms with van der Waals surface area (Å²) >= 11 is 1.74. The maximum absolute atomic E-state index is 12.1. The van der Waals surface area contributed by atoms with Gasteiger partial charge < -0.3 is 9.80 Å². The van der Waals surface area contributed by atoms with Gasteiger partial charge in [-0.15, -0.1) is 11.8 Å². The highest BCUT2D eigenvalue weighted by Gasteiger charge is 2.32. The van der Waals surface area contributed by atoms with Crippen molar-refractivity contribution in [3.63, 3.8) is 0 Å². The lowest BCUT2D eigenvalue weighted by Crippen LogP contribution is -2.37. The molecule has 1 atom stereocenters. The molecule has 0 aromatic heterocycles. The number of hydrogen-bond donors (Lipinski definition) is 1. The first kappa shape index (κ1) is 14.9. The molecule has 1 saturated heterocycles. The van der Waals surface area contributed by atoms with Crippen LogP contribution in [0.25, 0.3) is 0 Å². The summed E-state index contributed by atoms with van der Waals surface area (Å²) in [5, 5.41) is 3.33. The van der Waals surface area contributed by atoms with Crippen LogP contribution < -0.4 is 5.32 Å². The van der Waals surface area contributed by atoms with E-state index >= 15 is 0 Å². The predicted molar refractivity (Wildman–Crippen MR) is 86.3 cm³/mol. The van der Waals surface area contributed by atoms with Crippen LogP contribution in [0.4, 0.5) is 0 Å². The minimum Gasteiger partial charge on any atom is -0.321 e. The normalized spacial score (nSPS) is 22.3. The smallest absolute Gasteiger partial charge is 0.238 e. The Hall–Kier alpha value is -1.04. The number of carbonyl (C=O) groups is 1. The zero-order chi connectivity index (χ0) is 14.8. The van der Waals surface area contributed by atoms with Crippen LogP contribution in [0, 0.1) is 0 Å². The van der Waals surface area contributed by atoms with E-state index in [0.29, 0.717) is 6.54 Å². The van der Waals surface area contributed by atoms with Crippen molar-refractivity contribution in [2.75, 3.05) is 32.9 Å². The Balaban J connectivity index is 1.65. The van der Waals surface area contributed by atoms with Crippen molar-refractivity contribution >= 4 is 17.7 Å². The van der Waals surface area contributed by atoms with Crippen molar-refractivity contribution in [2.45, 2.75) is 29.9 Å². The standard InChI is InChI=1S/C16H23N3OS/c1-18(13-5-6-13)9-10-19-15(20)11-17-16(19)12-3-7-14(21-2)8-4-12/h3-4,7-8,13,16-17H,5-6,9-11H2,1-2H3. The quantitative estimate of drug-likeness (QED) is 0.815. The highest BCUT2D eigenvalue weighted by atomic mass is 32.2. The summed E-state index contributed by atoms with van der Waals surface area (Å²) in [5.74, 6) is 0.207. The fourth-order valence-electron chi connectivity index (χ4n) is 2.84. The third-order valence-corrected chi connectivity index (χ3v) is 5.12. The number of nitrogens with one attached hydrogen (secondary N) is 1. The first-order valence-electron chi connectivity index (χ1n) is 7.56. The minimum atomic E-state index is 0.0287. The fraction of sp³-hybridized carbons (Fsp3) is 0.562. The van der Waals surface area contributed by atoms with Crippen molar-refractivity contribution in [1.82, 2.24) is 15.1 Å². The van der Waals surface area contributed by atoms with Crippen LogP contribution in [-0.2, 0) is 4.79 Å². The molecule has 5 heteroatoms. The maximum atomic E-state index is 12.1. The molecule has 2 aliphatic rings. The summed E-state index contributed by atoms with van der Waals surface area (Å²) in [6.07, 6.45) is 4.72. The second kappa shape index (κ2) is 6.38. The lowest BCUT2D eigenvalue weighted by Gasteiger charge is -2.27. The summed E-state index contributed by atoms with van der Waals surface area (Å²) in [6, 6.07) is 9.24. The van der Waals surface area contributed by atoms with Crippen LogP contribution in [0.2, 0.25) is 0 Å². The molecule has 0 spiro atoms. The third-order valence-electron chi connectivity index (χ3n) is 4.37. The number of hydrogen-bond acceptors (Lipinski definition) is 4. The van der Waals surface area contributed by atoms with E-state index in [1.165, 1.54) is 23.3 Å². The van der Waals surface area contributed by atoms with Gasteiger partial charge in [0, 0.05) is 24.0 Å². The molecule has 2 fully saturated rings. The molecule has 1 unspecified atom stereocenters. The minimum absolute atomic E-state index is 0.0287. The molecule has 4 nitrogen and oxygen atoms in total. The predicted octanol–water partition coefficient (Wildman–Crippen LogP) is 1.93. The van der Waals surface area contributed by atoms with Gasteiger partial charge in [-0.2, -0.15) is 0 Å². The lowest BCUT2D eigenvalue weighted by atomic mass is 10.1. The van der Waals surface area contributed by atoms with E-state index in [1.807, 2.05) is 4.90 Å². The molecule has 1 aliphatic carbocycles. The molecule has 1 aromatic rings. The van der Waals surface area contributed by atoms with Gasteiger partial charge in [-0.25, -0.2) is 0 Å². The molecule has 114 valence electrons. The van der Waals surface area contributed by atoms with E-state index in [0.717, 1.165) is 19.1 Å². The van der Waals surface area contributed by atoms with E-state index in [4.69, 9.17) is 0 Å². The molecular formula is C16H23N3OS. The monoisotopic (exact) mass is 305 g/mol. The van der Waals surface area contributed by atoms with Gasteiger partial charge in [-0.05, 0) is 43.8 Å². The van der Waals surface area contributed by atoms with Crippen LogP contribution in [0.5, 0.6) is 0 Å². The van der Waals surface area contributed by atoms with Gasteiger partial charge in [0.1, 0.15) is 6.17 Å². The summed E-state index contributed by atoms with van der Waals surface area (Å²) in [7, 11) is 2.16. The highest BCUT2D eigenvalue weighted by molar-refractivity contribution is 7.98. The molecule has 1 amide bonds. The molecule has 1 saturated carbocycles. The van der Waals surface area contributed by atoms with Gasteiger partial charge in [0.2, 0.25) is 5.91 Å². The molecule has 21 heavy (non-hydrogen) atoms. The van der Waals surface area contributed by atoms with Gasteiger partial charge in [0.15, 0.2) is 0 Å². The largest absolute Gasteiger partial charge is 0.321 e. The SMILES string of the molecule is CSc1ccc(C2NCC(=O)N2CCN(C)C2CC2)cc1. The van der Waals surface area contributed by atoms with Gasteiger partial charge in [0.25, 0.3) is 0 Å². The van der Waals surface area contributed by atoms with E-state index < -0.39 is 0 Å². The summed E-state index contributed by atoms with van der Waals surface area (Å²) < 4.78 is 0. The van der Waals surface area contributed by atoms with Crippen molar-refractivity contribution < 1.29 is 4.79 Å². The molecule has 1 heterocycles. The van der Waals surface area contributed by atoms with Crippen LogP contribution in [0.15, 0.2) is 29.2 Å². The summed E-state index contributed by atoms with van der Waals surface area (Å²) in [5.41, 5.74) is 1.17. The number of rotatable bonds is 6. The molecule has 0 bridgehead atoms. The summed E-state index contributed by atoms with van der Waals surface area (Å²) in [6.45, 7) is 2.20. The first-order chi connectivity index (χ1) is 10.2.